The normalized spacial score (nSPS) is 11.9. The average molecular weight is 320 g/mol. The van der Waals surface area contributed by atoms with E-state index in [1.807, 2.05) is 5.32 Å². The highest BCUT2D eigenvalue weighted by Gasteiger charge is 2.26. The minimum atomic E-state index is -1.21. The van der Waals surface area contributed by atoms with Crippen molar-refractivity contribution in [1.82, 2.24) is 5.32 Å². The van der Waals surface area contributed by atoms with Crippen LogP contribution in [-0.4, -0.2) is 31.1 Å². The molecule has 1 atom stereocenters. The zero-order valence-electron chi connectivity index (χ0n) is 12.6. The summed E-state index contributed by atoms with van der Waals surface area (Å²) >= 11 is 0. The summed E-state index contributed by atoms with van der Waals surface area (Å²) in [5.41, 5.74) is 5.87. The van der Waals surface area contributed by atoms with Crippen molar-refractivity contribution in [1.29, 1.82) is 0 Å². The van der Waals surface area contributed by atoms with Crippen LogP contribution in [0.3, 0.4) is 0 Å². The van der Waals surface area contributed by atoms with Crippen molar-refractivity contribution in [2.24, 2.45) is 5.73 Å². The summed E-state index contributed by atoms with van der Waals surface area (Å²) in [6.45, 7) is 1.46. The predicted octanol–water partition coefficient (Wildman–Crippen LogP) is 1.32. The second-order valence-electron chi connectivity index (χ2n) is 4.74. The number of hydrogen-bond acceptors (Lipinski definition) is 6. The number of methoxy groups -OCH3 is 1. The highest BCUT2D eigenvalue weighted by Crippen LogP contribution is 2.27. The zero-order chi connectivity index (χ0) is 17.0. The van der Waals surface area contributed by atoms with Gasteiger partial charge in [0.05, 0.1) is 6.61 Å². The molecule has 1 heterocycles. The Morgan fingerprint density at radius 1 is 1.30 bits per heavy atom. The number of carbonyl (C=O) groups excluding carboxylic acids is 3. The van der Waals surface area contributed by atoms with Gasteiger partial charge in [0, 0.05) is 18.1 Å². The molecule has 0 unspecified atom stereocenters. The van der Waals surface area contributed by atoms with Crippen LogP contribution >= 0.6 is 0 Å². The number of nitrogens with one attached hydrogen (secondary N) is 1. The van der Waals surface area contributed by atoms with Gasteiger partial charge in [-0.3, -0.25) is 10.1 Å². The van der Waals surface area contributed by atoms with Crippen LogP contribution in [0.2, 0.25) is 0 Å². The molecule has 0 aliphatic carbocycles. The number of imide groups is 1. The van der Waals surface area contributed by atoms with Crippen molar-refractivity contribution < 1.29 is 28.3 Å². The van der Waals surface area contributed by atoms with Crippen LogP contribution in [0, 0.1) is 0 Å². The third-order valence-corrected chi connectivity index (χ3v) is 3.07. The third kappa shape index (κ3) is 3.67. The van der Waals surface area contributed by atoms with E-state index in [1.165, 1.54) is 14.0 Å². The van der Waals surface area contributed by atoms with Crippen LogP contribution in [0.15, 0.2) is 28.7 Å². The van der Waals surface area contributed by atoms with Gasteiger partial charge in [-0.1, -0.05) is 18.2 Å². The molecule has 8 heteroatoms. The number of fused-ring (bicyclic) bond motifs is 1. The molecule has 0 saturated heterocycles. The van der Waals surface area contributed by atoms with Crippen LogP contribution in [0.1, 0.15) is 23.0 Å². The smallest absolute Gasteiger partial charge is 0.375 e. The molecule has 2 rings (SSSR count). The molecule has 2 aromatic rings. The van der Waals surface area contributed by atoms with Crippen molar-refractivity contribution in [3.05, 3.63) is 35.6 Å². The molecule has 122 valence electrons. The number of amides is 3. The van der Waals surface area contributed by atoms with Gasteiger partial charge in [0.25, 0.3) is 5.91 Å². The van der Waals surface area contributed by atoms with E-state index in [0.29, 0.717) is 11.1 Å². The van der Waals surface area contributed by atoms with Gasteiger partial charge < -0.3 is 19.6 Å². The first-order chi connectivity index (χ1) is 10.9. The Morgan fingerprint density at radius 3 is 2.65 bits per heavy atom. The highest BCUT2D eigenvalue weighted by atomic mass is 16.6. The van der Waals surface area contributed by atoms with Gasteiger partial charge >= 0.3 is 12.0 Å². The highest BCUT2D eigenvalue weighted by molar-refractivity contribution is 5.99. The summed E-state index contributed by atoms with van der Waals surface area (Å²) in [6, 6.07) is 6.03. The first kappa shape index (κ1) is 16.5. The maximum Gasteiger partial charge on any atom is 0.375 e. The Kier molecular flexibility index (Phi) is 4.97. The number of nitrogens with two attached hydrogens (primary N) is 1. The Hall–Kier alpha value is -2.87. The monoisotopic (exact) mass is 320 g/mol. The van der Waals surface area contributed by atoms with Crippen LogP contribution in [-0.2, 0) is 20.9 Å². The average Bonchev–Trinajstić information content (AvgIpc) is 2.86. The van der Waals surface area contributed by atoms with E-state index in [2.05, 4.69) is 0 Å². The molecular formula is C15H16N2O6. The largest absolute Gasteiger partial charge is 0.449 e. The van der Waals surface area contributed by atoms with Gasteiger partial charge in [0.2, 0.25) is 5.76 Å². The molecule has 0 spiro atoms. The topological polar surface area (TPSA) is 121 Å². The van der Waals surface area contributed by atoms with Gasteiger partial charge in [0.1, 0.15) is 5.58 Å². The fourth-order valence-corrected chi connectivity index (χ4v) is 2.04. The van der Waals surface area contributed by atoms with Crippen LogP contribution in [0.4, 0.5) is 4.79 Å². The number of primary amides is 1. The molecule has 0 fully saturated rings. The number of esters is 1. The Balaban J connectivity index is 2.25. The lowest BCUT2D eigenvalue weighted by atomic mass is 10.1. The van der Waals surface area contributed by atoms with Gasteiger partial charge in [-0.2, -0.15) is 0 Å². The molecule has 0 saturated carbocycles. The summed E-state index contributed by atoms with van der Waals surface area (Å²) in [6.07, 6.45) is -1.21. The summed E-state index contributed by atoms with van der Waals surface area (Å²) in [5, 5.41) is 2.55. The lowest BCUT2D eigenvalue weighted by Crippen LogP contribution is -2.42. The van der Waals surface area contributed by atoms with E-state index in [4.69, 9.17) is 19.6 Å². The standard InChI is InChI=1S/C15H16N2O6/c1-8(13(18)17-15(16)20)22-14(19)12-10(7-21-2)9-5-3-4-6-11(9)23-12/h3-6,8H,7H2,1-2H3,(H3,16,17,18,20)/t8-/m0/s1. The van der Waals surface area contributed by atoms with E-state index in [1.54, 1.807) is 24.3 Å². The summed E-state index contributed by atoms with van der Waals surface area (Å²) < 4.78 is 15.6. The number of urea groups is 1. The van der Waals surface area contributed by atoms with Gasteiger partial charge in [-0.15, -0.1) is 0 Å². The molecule has 0 aliphatic heterocycles. The predicted molar refractivity (Wildman–Crippen MR) is 79.5 cm³/mol. The molecule has 1 aromatic heterocycles. The van der Waals surface area contributed by atoms with E-state index >= 15 is 0 Å². The van der Waals surface area contributed by atoms with Crippen LogP contribution in [0.25, 0.3) is 11.0 Å². The number of ether oxygens (including phenoxy) is 2. The first-order valence-corrected chi connectivity index (χ1v) is 6.74. The number of benzene rings is 1. The molecule has 0 aliphatic rings. The first-order valence-electron chi connectivity index (χ1n) is 6.74. The van der Waals surface area contributed by atoms with Crippen LogP contribution < -0.4 is 11.1 Å². The minimum absolute atomic E-state index is 0.0493. The number of carbonyl (C=O) groups is 3. The van der Waals surface area contributed by atoms with Crippen molar-refractivity contribution in [3.8, 4) is 0 Å². The summed E-state index contributed by atoms with van der Waals surface area (Å²) in [5.74, 6) is -1.71. The van der Waals surface area contributed by atoms with E-state index < -0.39 is 24.0 Å². The Labute approximate surface area is 131 Å². The number of furan rings is 1. The SMILES string of the molecule is COCc1c(C(=O)O[C@@H](C)C(=O)NC(N)=O)oc2ccccc12. The molecule has 23 heavy (non-hydrogen) atoms. The van der Waals surface area contributed by atoms with Crippen molar-refractivity contribution in [2.45, 2.75) is 19.6 Å². The summed E-state index contributed by atoms with van der Waals surface area (Å²) in [4.78, 5) is 34.4. The molecular weight excluding hydrogens is 304 g/mol. The molecule has 0 radical (unpaired) electrons. The van der Waals surface area contributed by atoms with Gasteiger partial charge in [-0.05, 0) is 13.0 Å². The number of hydrogen-bond donors (Lipinski definition) is 2. The maximum absolute atomic E-state index is 12.2. The molecule has 8 nitrogen and oxygen atoms in total. The van der Waals surface area contributed by atoms with E-state index in [-0.39, 0.29) is 12.4 Å². The van der Waals surface area contributed by atoms with Gasteiger partial charge in [0.15, 0.2) is 6.10 Å². The van der Waals surface area contributed by atoms with Crippen molar-refractivity contribution >= 4 is 28.9 Å². The minimum Gasteiger partial charge on any atom is -0.449 e. The Bertz CT molecular complexity index is 752. The number of para-hydroxylation sites is 1. The lowest BCUT2D eigenvalue weighted by Gasteiger charge is -2.11. The van der Waals surface area contributed by atoms with Crippen molar-refractivity contribution in [3.63, 3.8) is 0 Å². The van der Waals surface area contributed by atoms with E-state index in [0.717, 1.165) is 5.39 Å². The molecule has 1 aromatic carbocycles. The second kappa shape index (κ2) is 6.93. The fraction of sp³-hybridized carbons (Fsp3) is 0.267. The van der Waals surface area contributed by atoms with Crippen LogP contribution in [0.5, 0.6) is 0 Å². The number of rotatable bonds is 5. The zero-order valence-corrected chi connectivity index (χ0v) is 12.6. The van der Waals surface area contributed by atoms with E-state index in [9.17, 15) is 14.4 Å². The fourth-order valence-electron chi connectivity index (χ4n) is 2.04. The Morgan fingerprint density at radius 2 is 2.00 bits per heavy atom. The lowest BCUT2D eigenvalue weighted by molar-refractivity contribution is -0.127. The second-order valence-corrected chi connectivity index (χ2v) is 4.74. The quantitative estimate of drug-likeness (QED) is 0.801. The summed E-state index contributed by atoms with van der Waals surface area (Å²) in [7, 11) is 1.49. The molecule has 3 amide bonds. The molecule has 0 bridgehead atoms. The van der Waals surface area contributed by atoms with Gasteiger partial charge in [-0.25, -0.2) is 9.59 Å². The maximum atomic E-state index is 12.2. The molecule has 3 N–H and O–H groups in total. The van der Waals surface area contributed by atoms with Crippen molar-refractivity contribution in [2.75, 3.05) is 7.11 Å². The third-order valence-electron chi connectivity index (χ3n) is 3.07.